The third-order valence-corrected chi connectivity index (χ3v) is 4.19. The summed E-state index contributed by atoms with van der Waals surface area (Å²) < 4.78 is 6.54. The molecule has 0 bridgehead atoms. The van der Waals surface area contributed by atoms with Crippen molar-refractivity contribution < 1.29 is 14.3 Å². The van der Waals surface area contributed by atoms with Gasteiger partial charge in [-0.1, -0.05) is 23.7 Å². The van der Waals surface area contributed by atoms with Gasteiger partial charge in [0.25, 0.3) is 0 Å². The number of halogens is 1. The second kappa shape index (κ2) is 5.90. The number of imidazole rings is 1. The number of rotatable bonds is 4. The van der Waals surface area contributed by atoms with Crippen LogP contribution in [-0.2, 0) is 4.74 Å². The van der Waals surface area contributed by atoms with Gasteiger partial charge in [-0.3, -0.25) is 9.20 Å². The van der Waals surface area contributed by atoms with Gasteiger partial charge in [-0.25, -0.2) is 9.78 Å². The quantitative estimate of drug-likeness (QED) is 0.539. The summed E-state index contributed by atoms with van der Waals surface area (Å²) in [4.78, 5) is 28.5. The number of esters is 1. The van der Waals surface area contributed by atoms with Crippen LogP contribution in [0.3, 0.4) is 0 Å². The second-order valence-corrected chi connectivity index (χ2v) is 5.70. The van der Waals surface area contributed by atoms with Crippen LogP contribution in [-0.4, -0.2) is 28.2 Å². The predicted octanol–water partition coefficient (Wildman–Crippen LogP) is 3.71. The Hall–Kier alpha value is -2.18. The summed E-state index contributed by atoms with van der Waals surface area (Å²) in [5.41, 5.74) is 1.90. The molecule has 0 unspecified atom stereocenters. The zero-order valence-corrected chi connectivity index (χ0v) is 13.1. The number of ether oxygens (including phenoxy) is 1. The first-order chi connectivity index (χ1) is 10.7. The molecular formula is C15H11ClN2O3S. The first kappa shape index (κ1) is 14.7. The molecule has 0 radical (unpaired) electrons. The molecule has 22 heavy (non-hydrogen) atoms. The van der Waals surface area contributed by atoms with Crippen LogP contribution in [0.1, 0.15) is 27.9 Å². The van der Waals surface area contributed by atoms with E-state index in [-0.39, 0.29) is 6.61 Å². The maximum Gasteiger partial charge on any atom is 0.356 e. The van der Waals surface area contributed by atoms with E-state index >= 15 is 0 Å². The summed E-state index contributed by atoms with van der Waals surface area (Å²) in [7, 11) is 0. The maximum atomic E-state index is 12.0. The summed E-state index contributed by atoms with van der Waals surface area (Å²) in [5.74, 6) is -0.475. The van der Waals surface area contributed by atoms with Crippen molar-refractivity contribution in [2.75, 3.05) is 6.61 Å². The molecule has 0 saturated heterocycles. The highest BCUT2D eigenvalue weighted by molar-refractivity contribution is 7.15. The smallest absolute Gasteiger partial charge is 0.356 e. The van der Waals surface area contributed by atoms with Crippen molar-refractivity contribution in [1.29, 1.82) is 0 Å². The highest BCUT2D eigenvalue weighted by Crippen LogP contribution is 2.28. The molecule has 2 aromatic heterocycles. The average molecular weight is 335 g/mol. The number of carbonyl (C=O) groups is 2. The van der Waals surface area contributed by atoms with E-state index in [0.717, 1.165) is 5.56 Å². The molecule has 0 spiro atoms. The van der Waals surface area contributed by atoms with Gasteiger partial charge < -0.3 is 4.74 Å². The minimum absolute atomic E-state index is 0.269. The number of aromatic nitrogens is 2. The molecule has 3 aromatic rings. The Morgan fingerprint density at radius 3 is 2.77 bits per heavy atom. The molecule has 2 heterocycles. The Morgan fingerprint density at radius 1 is 1.41 bits per heavy atom. The summed E-state index contributed by atoms with van der Waals surface area (Å²) >= 11 is 7.16. The van der Waals surface area contributed by atoms with Crippen molar-refractivity contribution >= 4 is 40.2 Å². The Balaban J connectivity index is 2.19. The van der Waals surface area contributed by atoms with Crippen LogP contribution >= 0.6 is 22.9 Å². The minimum atomic E-state index is -0.475. The van der Waals surface area contributed by atoms with Crippen molar-refractivity contribution in [3.8, 4) is 11.3 Å². The van der Waals surface area contributed by atoms with Gasteiger partial charge in [0.2, 0.25) is 0 Å². The van der Waals surface area contributed by atoms with E-state index < -0.39 is 5.97 Å². The molecule has 0 aliphatic carbocycles. The number of nitrogens with zero attached hydrogens (tertiary/aromatic N) is 2. The molecule has 112 valence electrons. The molecular weight excluding hydrogens is 324 g/mol. The molecule has 3 rings (SSSR count). The topological polar surface area (TPSA) is 60.7 Å². The van der Waals surface area contributed by atoms with Gasteiger partial charge in [0.1, 0.15) is 17.1 Å². The number of hydrogen-bond acceptors (Lipinski definition) is 5. The lowest BCUT2D eigenvalue weighted by Crippen LogP contribution is -2.09. The van der Waals surface area contributed by atoms with E-state index in [0.29, 0.717) is 33.4 Å². The SMILES string of the molecule is CCOC(=O)c1csc2nc(-c3ccc(Cl)cc3)c(C=O)n12. The predicted molar refractivity (Wildman–Crippen MR) is 84.9 cm³/mol. The van der Waals surface area contributed by atoms with Crippen LogP contribution in [0.5, 0.6) is 0 Å². The zero-order chi connectivity index (χ0) is 15.7. The number of carbonyl (C=O) groups excluding carboxylic acids is 2. The molecule has 0 aliphatic rings. The summed E-state index contributed by atoms with van der Waals surface area (Å²) in [6.07, 6.45) is 0.694. The molecule has 0 saturated carbocycles. The van der Waals surface area contributed by atoms with E-state index in [1.165, 1.54) is 15.7 Å². The lowest BCUT2D eigenvalue weighted by molar-refractivity contribution is 0.0518. The third kappa shape index (κ3) is 2.40. The normalized spacial score (nSPS) is 10.8. The summed E-state index contributed by atoms with van der Waals surface area (Å²) in [5, 5.41) is 2.24. The van der Waals surface area contributed by atoms with Gasteiger partial charge in [-0.15, -0.1) is 11.3 Å². The minimum Gasteiger partial charge on any atom is -0.461 e. The zero-order valence-electron chi connectivity index (χ0n) is 11.6. The van der Waals surface area contributed by atoms with Crippen molar-refractivity contribution in [3.05, 3.63) is 46.1 Å². The maximum absolute atomic E-state index is 12.0. The monoisotopic (exact) mass is 334 g/mol. The molecule has 0 N–H and O–H groups in total. The molecule has 0 atom stereocenters. The average Bonchev–Trinajstić information content (AvgIpc) is 3.06. The lowest BCUT2D eigenvalue weighted by atomic mass is 10.1. The number of hydrogen-bond donors (Lipinski definition) is 0. The number of aldehydes is 1. The van der Waals surface area contributed by atoms with Crippen LogP contribution in [0, 0.1) is 0 Å². The molecule has 0 amide bonds. The first-order valence-corrected chi connectivity index (χ1v) is 7.79. The van der Waals surface area contributed by atoms with Gasteiger partial charge in [0.15, 0.2) is 11.2 Å². The van der Waals surface area contributed by atoms with Crippen molar-refractivity contribution in [1.82, 2.24) is 9.38 Å². The standard InChI is InChI=1S/C15H11ClN2O3S/c1-2-21-14(20)12-8-22-15-17-13(11(7-19)18(12)15)9-3-5-10(16)6-4-9/h3-8H,2H2,1H3. The van der Waals surface area contributed by atoms with Crippen molar-refractivity contribution in [2.45, 2.75) is 6.92 Å². The van der Waals surface area contributed by atoms with Crippen LogP contribution in [0.25, 0.3) is 16.2 Å². The van der Waals surface area contributed by atoms with Crippen molar-refractivity contribution in [2.24, 2.45) is 0 Å². The van der Waals surface area contributed by atoms with E-state index in [2.05, 4.69) is 4.98 Å². The van der Waals surface area contributed by atoms with E-state index in [1.54, 1.807) is 36.6 Å². The largest absolute Gasteiger partial charge is 0.461 e. The fraction of sp³-hybridized carbons (Fsp3) is 0.133. The molecule has 0 aliphatic heterocycles. The Bertz CT molecular complexity index is 852. The van der Waals surface area contributed by atoms with E-state index in [4.69, 9.17) is 16.3 Å². The van der Waals surface area contributed by atoms with Gasteiger partial charge in [0, 0.05) is 16.0 Å². The van der Waals surface area contributed by atoms with Gasteiger partial charge in [-0.05, 0) is 19.1 Å². The van der Waals surface area contributed by atoms with Crippen LogP contribution in [0.4, 0.5) is 0 Å². The van der Waals surface area contributed by atoms with Crippen LogP contribution in [0.15, 0.2) is 29.6 Å². The van der Waals surface area contributed by atoms with Gasteiger partial charge >= 0.3 is 5.97 Å². The Morgan fingerprint density at radius 2 is 2.14 bits per heavy atom. The third-order valence-electron chi connectivity index (χ3n) is 3.11. The second-order valence-electron chi connectivity index (χ2n) is 4.43. The molecule has 1 aromatic carbocycles. The molecule has 0 fully saturated rings. The number of thiazole rings is 1. The van der Waals surface area contributed by atoms with Gasteiger partial charge in [-0.2, -0.15) is 0 Å². The summed E-state index contributed by atoms with van der Waals surface area (Å²) in [6, 6.07) is 7.02. The summed E-state index contributed by atoms with van der Waals surface area (Å²) in [6.45, 7) is 2.00. The number of fused-ring (bicyclic) bond motifs is 1. The molecule has 7 heteroatoms. The van der Waals surface area contributed by atoms with Crippen molar-refractivity contribution in [3.63, 3.8) is 0 Å². The Kier molecular flexibility index (Phi) is 3.96. The van der Waals surface area contributed by atoms with Crippen LogP contribution < -0.4 is 0 Å². The fourth-order valence-electron chi connectivity index (χ4n) is 2.16. The van der Waals surface area contributed by atoms with E-state index in [1.807, 2.05) is 0 Å². The highest BCUT2D eigenvalue weighted by atomic mass is 35.5. The first-order valence-electron chi connectivity index (χ1n) is 6.54. The number of benzene rings is 1. The fourth-order valence-corrected chi connectivity index (χ4v) is 3.15. The highest BCUT2D eigenvalue weighted by Gasteiger charge is 2.21. The van der Waals surface area contributed by atoms with Crippen LogP contribution in [0.2, 0.25) is 5.02 Å². The van der Waals surface area contributed by atoms with Gasteiger partial charge in [0.05, 0.1) is 6.61 Å². The molecule has 5 nitrogen and oxygen atoms in total. The lowest BCUT2D eigenvalue weighted by Gasteiger charge is -2.02. The Labute approximate surface area is 135 Å². The van der Waals surface area contributed by atoms with E-state index in [9.17, 15) is 9.59 Å².